The van der Waals surface area contributed by atoms with Crippen LogP contribution in [0.25, 0.3) is 0 Å². The number of furan rings is 1. The Morgan fingerprint density at radius 1 is 1.32 bits per heavy atom. The maximum Gasteiger partial charge on any atom is 0.305 e. The van der Waals surface area contributed by atoms with Gasteiger partial charge >= 0.3 is 5.97 Å². The average molecular weight is 299 g/mol. The van der Waals surface area contributed by atoms with Crippen molar-refractivity contribution in [3.05, 3.63) is 72.7 Å². The van der Waals surface area contributed by atoms with Gasteiger partial charge in [0.1, 0.15) is 5.76 Å². The summed E-state index contributed by atoms with van der Waals surface area (Å²) >= 11 is 0. The van der Waals surface area contributed by atoms with Gasteiger partial charge < -0.3 is 9.52 Å². The fourth-order valence-electron chi connectivity index (χ4n) is 2.65. The van der Waals surface area contributed by atoms with Gasteiger partial charge in [-0.2, -0.15) is 0 Å². The number of aliphatic carboxylic acids is 1. The molecule has 0 fully saturated rings. The Morgan fingerprint density at radius 3 is 2.59 bits per heavy atom. The molecule has 1 heterocycles. The monoisotopic (exact) mass is 299 g/mol. The number of carboxylic acid groups (broad SMARTS) is 1. The predicted octanol–water partition coefficient (Wildman–Crippen LogP) is 4.04. The minimum absolute atomic E-state index is 0.0154. The predicted molar refractivity (Wildman–Crippen MR) is 85.5 cm³/mol. The first-order valence-corrected chi connectivity index (χ1v) is 7.30. The summed E-state index contributed by atoms with van der Waals surface area (Å²) < 4.78 is 5.47. The van der Waals surface area contributed by atoms with Gasteiger partial charge in [-0.25, -0.2) is 0 Å². The molecule has 4 nitrogen and oxygen atoms in total. The Hall–Kier alpha value is -2.33. The van der Waals surface area contributed by atoms with Crippen molar-refractivity contribution in [2.75, 3.05) is 6.54 Å². The molecular formula is C18H21NO3. The van der Waals surface area contributed by atoms with E-state index in [1.807, 2.05) is 36.4 Å². The summed E-state index contributed by atoms with van der Waals surface area (Å²) in [7, 11) is 0. The molecule has 0 amide bonds. The summed E-state index contributed by atoms with van der Waals surface area (Å²) in [6.07, 6.45) is 3.35. The molecule has 0 aliphatic rings. The fraction of sp³-hybridized carbons (Fsp3) is 0.278. The Bertz CT molecular complexity index is 592. The summed E-state index contributed by atoms with van der Waals surface area (Å²) in [5.74, 6) is -0.192. The Kier molecular flexibility index (Phi) is 5.55. The van der Waals surface area contributed by atoms with E-state index in [2.05, 4.69) is 18.4 Å². The number of carbonyl (C=O) groups is 1. The molecule has 0 radical (unpaired) electrons. The first kappa shape index (κ1) is 16.0. The minimum atomic E-state index is -0.851. The third kappa shape index (κ3) is 3.86. The van der Waals surface area contributed by atoms with Crippen LogP contribution in [0.1, 0.15) is 36.8 Å². The normalized spacial score (nSPS) is 13.7. The summed E-state index contributed by atoms with van der Waals surface area (Å²) in [4.78, 5) is 13.4. The molecule has 1 N–H and O–H groups in total. The second-order valence-corrected chi connectivity index (χ2v) is 5.20. The van der Waals surface area contributed by atoms with Crippen LogP contribution < -0.4 is 0 Å². The van der Waals surface area contributed by atoms with E-state index in [1.165, 1.54) is 0 Å². The SMILES string of the molecule is C=CCN(C(C)c1ccccc1)C(CC(=O)O)c1ccco1. The third-order valence-corrected chi connectivity index (χ3v) is 3.76. The molecule has 2 aromatic rings. The zero-order valence-electron chi connectivity index (χ0n) is 12.7. The molecule has 4 heteroatoms. The maximum atomic E-state index is 11.3. The van der Waals surface area contributed by atoms with Gasteiger partial charge in [-0.15, -0.1) is 6.58 Å². The summed E-state index contributed by atoms with van der Waals surface area (Å²) in [6.45, 7) is 6.44. The quantitative estimate of drug-likeness (QED) is 0.747. The van der Waals surface area contributed by atoms with Crippen molar-refractivity contribution in [1.82, 2.24) is 4.90 Å². The molecule has 2 atom stereocenters. The van der Waals surface area contributed by atoms with E-state index >= 15 is 0 Å². The van der Waals surface area contributed by atoms with Crippen LogP contribution >= 0.6 is 0 Å². The molecule has 0 aliphatic heterocycles. The number of rotatable bonds is 8. The van der Waals surface area contributed by atoms with Gasteiger partial charge in [0.2, 0.25) is 0 Å². The molecule has 2 unspecified atom stereocenters. The molecule has 1 aromatic carbocycles. The molecule has 0 saturated heterocycles. The van der Waals surface area contributed by atoms with Crippen molar-refractivity contribution < 1.29 is 14.3 Å². The molecule has 2 rings (SSSR count). The lowest BCUT2D eigenvalue weighted by Crippen LogP contribution is -2.33. The van der Waals surface area contributed by atoms with Crippen molar-refractivity contribution >= 4 is 5.97 Å². The summed E-state index contributed by atoms with van der Waals surface area (Å²) in [5.41, 5.74) is 1.13. The third-order valence-electron chi connectivity index (χ3n) is 3.76. The average Bonchev–Trinajstić information content (AvgIpc) is 3.05. The van der Waals surface area contributed by atoms with Gasteiger partial charge in [0, 0.05) is 12.6 Å². The Labute approximate surface area is 130 Å². The smallest absolute Gasteiger partial charge is 0.305 e. The van der Waals surface area contributed by atoms with Gasteiger partial charge in [0.15, 0.2) is 0 Å². The van der Waals surface area contributed by atoms with E-state index in [9.17, 15) is 9.90 Å². The van der Waals surface area contributed by atoms with E-state index in [4.69, 9.17) is 4.42 Å². The van der Waals surface area contributed by atoms with Crippen LogP contribution in [0.15, 0.2) is 65.8 Å². The zero-order chi connectivity index (χ0) is 15.9. The highest BCUT2D eigenvalue weighted by Crippen LogP contribution is 2.33. The second kappa shape index (κ2) is 7.61. The van der Waals surface area contributed by atoms with Gasteiger partial charge in [-0.1, -0.05) is 36.4 Å². The van der Waals surface area contributed by atoms with Crippen molar-refractivity contribution in [3.63, 3.8) is 0 Å². The van der Waals surface area contributed by atoms with Gasteiger partial charge in [0.05, 0.1) is 18.7 Å². The molecule has 0 spiro atoms. The summed E-state index contributed by atoms with van der Waals surface area (Å²) in [6, 6.07) is 13.3. The van der Waals surface area contributed by atoms with E-state index in [0.717, 1.165) is 5.56 Å². The number of hydrogen-bond acceptors (Lipinski definition) is 3. The topological polar surface area (TPSA) is 53.7 Å². The molecule has 0 aliphatic carbocycles. The first-order valence-electron chi connectivity index (χ1n) is 7.30. The van der Waals surface area contributed by atoms with Gasteiger partial charge in [-0.05, 0) is 24.6 Å². The maximum absolute atomic E-state index is 11.3. The molecule has 22 heavy (non-hydrogen) atoms. The van der Waals surface area contributed by atoms with Crippen LogP contribution in [0, 0.1) is 0 Å². The first-order chi connectivity index (χ1) is 10.6. The van der Waals surface area contributed by atoms with Crippen LogP contribution in [-0.2, 0) is 4.79 Å². The number of benzene rings is 1. The van der Waals surface area contributed by atoms with E-state index in [-0.39, 0.29) is 18.5 Å². The molecule has 116 valence electrons. The van der Waals surface area contributed by atoms with Crippen LogP contribution in [0.3, 0.4) is 0 Å². The van der Waals surface area contributed by atoms with E-state index in [0.29, 0.717) is 12.3 Å². The highest BCUT2D eigenvalue weighted by molar-refractivity contribution is 5.67. The Morgan fingerprint density at radius 2 is 2.05 bits per heavy atom. The molecule has 0 bridgehead atoms. The highest BCUT2D eigenvalue weighted by Gasteiger charge is 2.29. The van der Waals surface area contributed by atoms with E-state index in [1.54, 1.807) is 18.4 Å². The molecule has 1 aromatic heterocycles. The van der Waals surface area contributed by atoms with Crippen molar-refractivity contribution in [2.45, 2.75) is 25.4 Å². The highest BCUT2D eigenvalue weighted by atomic mass is 16.4. The number of nitrogens with zero attached hydrogens (tertiary/aromatic N) is 1. The van der Waals surface area contributed by atoms with Crippen LogP contribution in [0.2, 0.25) is 0 Å². The summed E-state index contributed by atoms with van der Waals surface area (Å²) in [5, 5.41) is 9.26. The number of carboxylic acids is 1. The standard InChI is InChI=1S/C18H21NO3/c1-3-11-19(14(2)15-8-5-4-6-9-15)16(13-18(20)21)17-10-7-12-22-17/h3-10,12,14,16H,1,11,13H2,2H3,(H,20,21). The van der Waals surface area contributed by atoms with Crippen molar-refractivity contribution in [1.29, 1.82) is 0 Å². The second-order valence-electron chi connectivity index (χ2n) is 5.20. The zero-order valence-corrected chi connectivity index (χ0v) is 12.7. The lowest BCUT2D eigenvalue weighted by Gasteiger charge is -2.34. The fourth-order valence-corrected chi connectivity index (χ4v) is 2.65. The van der Waals surface area contributed by atoms with Gasteiger partial charge in [0.25, 0.3) is 0 Å². The van der Waals surface area contributed by atoms with E-state index < -0.39 is 5.97 Å². The van der Waals surface area contributed by atoms with Gasteiger partial charge in [-0.3, -0.25) is 9.69 Å². The largest absolute Gasteiger partial charge is 0.481 e. The molecular weight excluding hydrogens is 278 g/mol. The lowest BCUT2D eigenvalue weighted by molar-refractivity contribution is -0.138. The minimum Gasteiger partial charge on any atom is -0.481 e. The van der Waals surface area contributed by atoms with Crippen LogP contribution in [-0.4, -0.2) is 22.5 Å². The van der Waals surface area contributed by atoms with Crippen molar-refractivity contribution in [3.8, 4) is 0 Å². The van der Waals surface area contributed by atoms with Crippen molar-refractivity contribution in [2.24, 2.45) is 0 Å². The number of hydrogen-bond donors (Lipinski definition) is 1. The Balaban J connectivity index is 2.33. The molecule has 0 saturated carbocycles. The lowest BCUT2D eigenvalue weighted by atomic mass is 10.0. The van der Waals surface area contributed by atoms with Crippen LogP contribution in [0.4, 0.5) is 0 Å². The van der Waals surface area contributed by atoms with Crippen LogP contribution in [0.5, 0.6) is 0 Å².